The minimum Gasteiger partial charge on any atom is -0.326 e. The summed E-state index contributed by atoms with van der Waals surface area (Å²) in [6.45, 7) is 1.93. The summed E-state index contributed by atoms with van der Waals surface area (Å²) in [5.41, 5.74) is 5.04. The quantitative estimate of drug-likeness (QED) is 0.344. The third-order valence-electron chi connectivity index (χ3n) is 3.29. The van der Waals surface area contributed by atoms with Crippen molar-refractivity contribution in [2.45, 2.75) is 19.8 Å². The van der Waals surface area contributed by atoms with E-state index in [9.17, 15) is 9.59 Å². The van der Waals surface area contributed by atoms with Crippen LogP contribution < -0.4 is 10.7 Å². The molecule has 0 heterocycles. The van der Waals surface area contributed by atoms with Gasteiger partial charge < -0.3 is 5.32 Å². The van der Waals surface area contributed by atoms with Crippen molar-refractivity contribution in [3.63, 3.8) is 0 Å². The van der Waals surface area contributed by atoms with E-state index < -0.39 is 0 Å². The van der Waals surface area contributed by atoms with Crippen molar-refractivity contribution in [3.05, 3.63) is 61.6 Å². The molecule has 2 aromatic carbocycles. The fourth-order valence-electron chi connectivity index (χ4n) is 2.03. The van der Waals surface area contributed by atoms with Crippen molar-refractivity contribution in [2.75, 3.05) is 5.32 Å². The highest BCUT2D eigenvalue weighted by Crippen LogP contribution is 2.18. The summed E-state index contributed by atoms with van der Waals surface area (Å²) in [6.07, 6.45) is 1.73. The number of halogens is 2. The van der Waals surface area contributed by atoms with Gasteiger partial charge in [0.1, 0.15) is 0 Å². The van der Waals surface area contributed by atoms with E-state index in [0.29, 0.717) is 0 Å². The van der Waals surface area contributed by atoms with Crippen molar-refractivity contribution in [3.8, 4) is 0 Å². The van der Waals surface area contributed by atoms with E-state index in [1.807, 2.05) is 49.4 Å². The van der Waals surface area contributed by atoms with Gasteiger partial charge in [-0.05, 0) is 71.0 Å². The minimum absolute atomic E-state index is 0.0745. The van der Waals surface area contributed by atoms with E-state index in [2.05, 4.69) is 54.4 Å². The zero-order valence-corrected chi connectivity index (χ0v) is 17.3. The number of hydrogen-bond donors (Lipinski definition) is 2. The highest BCUT2D eigenvalue weighted by Gasteiger charge is 2.08. The number of nitrogens with zero attached hydrogens (tertiary/aromatic N) is 1. The Balaban J connectivity index is 1.76. The maximum Gasteiger partial charge on any atom is 0.240 e. The Morgan fingerprint density at radius 3 is 2.64 bits per heavy atom. The van der Waals surface area contributed by atoms with Gasteiger partial charge in [-0.1, -0.05) is 28.1 Å². The van der Waals surface area contributed by atoms with Crippen LogP contribution in [0.5, 0.6) is 0 Å². The van der Waals surface area contributed by atoms with Gasteiger partial charge in [0.05, 0.1) is 6.21 Å². The molecule has 0 fully saturated rings. The number of anilines is 1. The number of hydrazone groups is 1. The molecule has 0 aliphatic heterocycles. The lowest BCUT2D eigenvalue weighted by molar-refractivity contribution is -0.124. The average Bonchev–Trinajstić information content (AvgIpc) is 2.56. The fraction of sp³-hybridized carbons (Fsp3) is 0.167. The predicted molar refractivity (Wildman–Crippen MR) is 112 cm³/mol. The van der Waals surface area contributed by atoms with Crippen LogP contribution in [0.2, 0.25) is 0 Å². The highest BCUT2D eigenvalue weighted by molar-refractivity contribution is 14.1. The van der Waals surface area contributed by atoms with Gasteiger partial charge in [-0.25, -0.2) is 5.43 Å². The lowest BCUT2D eigenvalue weighted by atomic mass is 10.2. The van der Waals surface area contributed by atoms with Crippen molar-refractivity contribution < 1.29 is 9.59 Å². The zero-order chi connectivity index (χ0) is 18.2. The van der Waals surface area contributed by atoms with Crippen molar-refractivity contribution in [2.24, 2.45) is 5.10 Å². The molecule has 130 valence electrons. The first kappa shape index (κ1) is 19.6. The monoisotopic (exact) mass is 513 g/mol. The lowest BCUT2D eigenvalue weighted by Crippen LogP contribution is -2.20. The summed E-state index contributed by atoms with van der Waals surface area (Å²) in [5.74, 6) is -0.504. The van der Waals surface area contributed by atoms with Crippen LogP contribution in [0, 0.1) is 10.5 Å². The molecule has 0 aliphatic carbocycles. The summed E-state index contributed by atoms with van der Waals surface area (Å²) in [4.78, 5) is 23.7. The Hall–Kier alpha value is -1.74. The number of carbonyl (C=O) groups is 2. The van der Waals surface area contributed by atoms with Crippen LogP contribution in [0.4, 0.5) is 5.69 Å². The molecule has 0 unspecified atom stereocenters. The second-order valence-electron chi connectivity index (χ2n) is 5.36. The first-order valence-corrected chi connectivity index (χ1v) is 9.44. The van der Waals surface area contributed by atoms with Crippen LogP contribution in [0.25, 0.3) is 0 Å². The fourth-order valence-corrected chi connectivity index (χ4v) is 3.09. The summed E-state index contributed by atoms with van der Waals surface area (Å²) in [5, 5.41) is 6.71. The lowest BCUT2D eigenvalue weighted by Gasteiger charge is -2.08. The minimum atomic E-state index is -0.305. The number of rotatable bonds is 6. The van der Waals surface area contributed by atoms with E-state index in [0.717, 1.165) is 24.9 Å². The Bertz CT molecular complexity index is 809. The summed E-state index contributed by atoms with van der Waals surface area (Å²) in [6, 6.07) is 13.3. The molecule has 2 rings (SSSR count). The number of carbonyl (C=O) groups excluding carboxylic acids is 2. The Kier molecular flexibility index (Phi) is 7.57. The molecule has 2 N–H and O–H groups in total. The molecule has 2 aromatic rings. The van der Waals surface area contributed by atoms with Gasteiger partial charge in [0.2, 0.25) is 11.8 Å². The van der Waals surface area contributed by atoms with Gasteiger partial charge in [-0.2, -0.15) is 5.10 Å². The molecule has 2 amide bonds. The van der Waals surface area contributed by atoms with Crippen LogP contribution >= 0.6 is 38.5 Å². The molecule has 0 aromatic heterocycles. The van der Waals surface area contributed by atoms with E-state index in [4.69, 9.17) is 0 Å². The topological polar surface area (TPSA) is 70.6 Å². The van der Waals surface area contributed by atoms with Crippen molar-refractivity contribution in [1.82, 2.24) is 5.43 Å². The Morgan fingerprint density at radius 2 is 1.92 bits per heavy atom. The first-order chi connectivity index (χ1) is 11.9. The molecule has 25 heavy (non-hydrogen) atoms. The standard InChI is InChI=1S/C18H17BrIN3O2/c1-12-9-15(20)5-6-16(12)22-17(24)7-8-18(25)23-21-11-13-3-2-4-14(19)10-13/h2-6,9-11H,7-8H2,1H3,(H,22,24)(H,23,25)/b21-11-. The molecule has 0 saturated carbocycles. The smallest absolute Gasteiger partial charge is 0.240 e. The van der Waals surface area contributed by atoms with Gasteiger partial charge in [0.15, 0.2) is 0 Å². The molecule has 0 spiro atoms. The SMILES string of the molecule is Cc1cc(I)ccc1NC(=O)CCC(=O)N/N=C\c1cccc(Br)c1. The number of nitrogens with one attached hydrogen (secondary N) is 2. The van der Waals surface area contributed by atoms with Gasteiger partial charge >= 0.3 is 0 Å². The molecule has 0 bridgehead atoms. The Labute approximate surface area is 168 Å². The molecule has 0 aliphatic rings. The average molecular weight is 514 g/mol. The third kappa shape index (κ3) is 6.95. The second kappa shape index (κ2) is 9.67. The highest BCUT2D eigenvalue weighted by atomic mass is 127. The molecular weight excluding hydrogens is 497 g/mol. The molecule has 0 radical (unpaired) electrons. The van der Waals surface area contributed by atoms with Crippen LogP contribution in [0.15, 0.2) is 52.0 Å². The molecule has 5 nitrogen and oxygen atoms in total. The maximum absolute atomic E-state index is 12.0. The van der Waals surface area contributed by atoms with Gasteiger partial charge in [-0.15, -0.1) is 0 Å². The van der Waals surface area contributed by atoms with E-state index in [1.54, 1.807) is 6.21 Å². The van der Waals surface area contributed by atoms with Crippen molar-refractivity contribution >= 4 is 62.2 Å². The molecular formula is C18H17BrIN3O2. The Morgan fingerprint density at radius 1 is 1.16 bits per heavy atom. The number of hydrogen-bond acceptors (Lipinski definition) is 3. The van der Waals surface area contributed by atoms with Crippen LogP contribution in [-0.4, -0.2) is 18.0 Å². The van der Waals surface area contributed by atoms with Crippen LogP contribution in [0.1, 0.15) is 24.0 Å². The number of amides is 2. The second-order valence-corrected chi connectivity index (χ2v) is 7.52. The summed E-state index contributed by atoms with van der Waals surface area (Å²) in [7, 11) is 0. The number of aryl methyl sites for hydroxylation is 1. The van der Waals surface area contributed by atoms with Crippen molar-refractivity contribution in [1.29, 1.82) is 0 Å². The van der Waals surface area contributed by atoms with Gasteiger partial charge in [0, 0.05) is 26.6 Å². The van der Waals surface area contributed by atoms with Crippen LogP contribution in [-0.2, 0) is 9.59 Å². The summed E-state index contributed by atoms with van der Waals surface area (Å²) < 4.78 is 2.04. The normalized spacial score (nSPS) is 10.7. The molecule has 0 saturated heterocycles. The maximum atomic E-state index is 12.0. The van der Waals surface area contributed by atoms with Gasteiger partial charge in [-0.3, -0.25) is 9.59 Å². The van der Waals surface area contributed by atoms with E-state index in [-0.39, 0.29) is 24.7 Å². The molecule has 0 atom stereocenters. The number of benzene rings is 2. The van der Waals surface area contributed by atoms with E-state index >= 15 is 0 Å². The third-order valence-corrected chi connectivity index (χ3v) is 4.46. The van der Waals surface area contributed by atoms with E-state index in [1.165, 1.54) is 0 Å². The predicted octanol–water partition coefficient (Wildman–Crippen LogP) is 4.23. The van der Waals surface area contributed by atoms with Gasteiger partial charge in [0.25, 0.3) is 0 Å². The first-order valence-electron chi connectivity index (χ1n) is 7.57. The summed E-state index contributed by atoms with van der Waals surface area (Å²) >= 11 is 5.58. The molecule has 7 heteroatoms. The zero-order valence-electron chi connectivity index (χ0n) is 13.6. The van der Waals surface area contributed by atoms with Crippen LogP contribution in [0.3, 0.4) is 0 Å². The largest absolute Gasteiger partial charge is 0.326 e.